The predicted octanol–water partition coefficient (Wildman–Crippen LogP) is -0.382. The Balaban J connectivity index is 4.41. The second-order valence-corrected chi connectivity index (χ2v) is 2.21. The topological polar surface area (TPSA) is 58.7 Å². The van der Waals surface area contributed by atoms with Gasteiger partial charge >= 0.3 is 0 Å². The van der Waals surface area contributed by atoms with Crippen LogP contribution in [0.4, 0.5) is 0 Å². The number of aliphatic imine (C=N–C) groups is 1. The second kappa shape index (κ2) is 4.49. The molecule has 0 aliphatic carbocycles. The van der Waals surface area contributed by atoms with Crippen LogP contribution >= 0.6 is 0 Å². The lowest BCUT2D eigenvalue weighted by atomic mass is 10.3. The van der Waals surface area contributed by atoms with Crippen LogP contribution in [0, 0.1) is 0 Å². The summed E-state index contributed by atoms with van der Waals surface area (Å²) in [5.74, 6) is -0.141. The van der Waals surface area contributed by atoms with E-state index in [1.54, 1.807) is 21.1 Å². The molecule has 0 bridgehead atoms. The fraction of sp³-hybridized carbons (Fsp3) is 0.429. The van der Waals surface area contributed by atoms with E-state index in [0.717, 1.165) is 0 Å². The summed E-state index contributed by atoms with van der Waals surface area (Å²) in [6.45, 7) is 0. The Morgan fingerprint density at radius 3 is 2.36 bits per heavy atom. The Hall–Kier alpha value is -1.32. The molecule has 0 aromatic carbocycles. The zero-order valence-corrected chi connectivity index (χ0v) is 7.03. The van der Waals surface area contributed by atoms with Crippen LogP contribution in [0.2, 0.25) is 0 Å². The molecule has 2 N–H and O–H groups in total. The summed E-state index contributed by atoms with van der Waals surface area (Å²) in [7, 11) is 4.91. The molecule has 11 heavy (non-hydrogen) atoms. The van der Waals surface area contributed by atoms with Gasteiger partial charge in [-0.15, -0.1) is 0 Å². The van der Waals surface area contributed by atoms with E-state index in [9.17, 15) is 4.79 Å². The lowest BCUT2D eigenvalue weighted by molar-refractivity contribution is -0.124. The molecule has 0 aliphatic rings. The van der Waals surface area contributed by atoms with Crippen LogP contribution in [0.15, 0.2) is 16.8 Å². The first-order chi connectivity index (χ1) is 5.13. The molecule has 0 rings (SSSR count). The van der Waals surface area contributed by atoms with Gasteiger partial charge < -0.3 is 10.6 Å². The van der Waals surface area contributed by atoms with Crippen molar-refractivity contribution in [2.24, 2.45) is 10.7 Å². The monoisotopic (exact) mass is 155 g/mol. The van der Waals surface area contributed by atoms with Gasteiger partial charge in [0.25, 0.3) is 5.91 Å². The highest BCUT2D eigenvalue weighted by molar-refractivity contribution is 6.11. The molecule has 0 unspecified atom stereocenters. The zero-order valence-electron chi connectivity index (χ0n) is 7.03. The third kappa shape index (κ3) is 2.84. The molecule has 0 aromatic rings. The third-order valence-electron chi connectivity index (χ3n) is 1.10. The standard InChI is InChI=1S/C7H13N3O/c1-9-5-6(4-8)7(11)10(2)3/h4-5H,8H2,1-3H3. The van der Waals surface area contributed by atoms with Gasteiger partial charge in [0.05, 0.1) is 5.57 Å². The van der Waals surface area contributed by atoms with Crippen LogP contribution in [0.5, 0.6) is 0 Å². The first kappa shape index (κ1) is 9.68. The SMILES string of the molecule is CN=CC(=CN)C(=O)N(C)C. The minimum Gasteiger partial charge on any atom is -0.404 e. The minimum atomic E-state index is -0.141. The molecule has 0 heterocycles. The Morgan fingerprint density at radius 2 is 2.09 bits per heavy atom. The van der Waals surface area contributed by atoms with Crippen molar-refractivity contribution in [3.8, 4) is 0 Å². The lowest BCUT2D eigenvalue weighted by Crippen LogP contribution is -2.24. The van der Waals surface area contributed by atoms with E-state index in [-0.39, 0.29) is 5.91 Å². The molecule has 0 aromatic heterocycles. The largest absolute Gasteiger partial charge is 0.404 e. The fourth-order valence-corrected chi connectivity index (χ4v) is 0.567. The van der Waals surface area contributed by atoms with E-state index in [1.165, 1.54) is 17.3 Å². The van der Waals surface area contributed by atoms with Crippen molar-refractivity contribution >= 4 is 12.1 Å². The van der Waals surface area contributed by atoms with Crippen LogP contribution in [0.25, 0.3) is 0 Å². The van der Waals surface area contributed by atoms with Gasteiger partial charge in [0.15, 0.2) is 0 Å². The van der Waals surface area contributed by atoms with Crippen molar-refractivity contribution in [1.29, 1.82) is 0 Å². The first-order valence-corrected chi connectivity index (χ1v) is 3.19. The van der Waals surface area contributed by atoms with Gasteiger partial charge in [-0.3, -0.25) is 9.79 Å². The molecule has 0 saturated heterocycles. The van der Waals surface area contributed by atoms with Crippen LogP contribution in [0.1, 0.15) is 0 Å². The fourth-order valence-electron chi connectivity index (χ4n) is 0.567. The zero-order chi connectivity index (χ0) is 8.85. The van der Waals surface area contributed by atoms with Crippen LogP contribution < -0.4 is 5.73 Å². The summed E-state index contributed by atoms with van der Waals surface area (Å²) >= 11 is 0. The van der Waals surface area contributed by atoms with E-state index in [1.807, 2.05) is 0 Å². The average molecular weight is 155 g/mol. The van der Waals surface area contributed by atoms with Gasteiger partial charge in [0.1, 0.15) is 0 Å². The molecule has 0 radical (unpaired) electrons. The molecule has 1 amide bonds. The molecule has 0 atom stereocenters. The molecule has 4 nitrogen and oxygen atoms in total. The molecule has 0 fully saturated rings. The van der Waals surface area contributed by atoms with Crippen LogP contribution in [-0.4, -0.2) is 38.2 Å². The summed E-state index contributed by atoms with van der Waals surface area (Å²) in [6.07, 6.45) is 2.68. The van der Waals surface area contributed by atoms with Crippen molar-refractivity contribution in [3.63, 3.8) is 0 Å². The predicted molar refractivity (Wildman–Crippen MR) is 45.4 cm³/mol. The first-order valence-electron chi connectivity index (χ1n) is 3.19. The van der Waals surface area contributed by atoms with E-state index >= 15 is 0 Å². The Morgan fingerprint density at radius 1 is 1.55 bits per heavy atom. The van der Waals surface area contributed by atoms with Gasteiger partial charge in [-0.05, 0) is 0 Å². The van der Waals surface area contributed by atoms with Gasteiger partial charge in [-0.1, -0.05) is 0 Å². The van der Waals surface area contributed by atoms with Crippen molar-refractivity contribution in [1.82, 2.24) is 4.90 Å². The maximum absolute atomic E-state index is 11.2. The van der Waals surface area contributed by atoms with Crippen LogP contribution in [0.3, 0.4) is 0 Å². The number of hydrogen-bond donors (Lipinski definition) is 1. The number of nitrogens with zero attached hydrogens (tertiary/aromatic N) is 2. The van der Waals surface area contributed by atoms with Gasteiger partial charge in [-0.25, -0.2) is 0 Å². The number of hydrogen-bond acceptors (Lipinski definition) is 3. The van der Waals surface area contributed by atoms with Crippen molar-refractivity contribution in [2.45, 2.75) is 0 Å². The third-order valence-corrected chi connectivity index (χ3v) is 1.10. The average Bonchev–Trinajstić information content (AvgIpc) is 1.98. The molecule has 0 spiro atoms. The van der Waals surface area contributed by atoms with E-state index < -0.39 is 0 Å². The van der Waals surface area contributed by atoms with E-state index in [2.05, 4.69) is 4.99 Å². The van der Waals surface area contributed by atoms with Gasteiger partial charge in [0, 0.05) is 33.6 Å². The van der Waals surface area contributed by atoms with Crippen molar-refractivity contribution < 1.29 is 4.79 Å². The Kier molecular flexibility index (Phi) is 3.95. The molecule has 62 valence electrons. The molecular formula is C7H13N3O. The molecule has 0 aliphatic heterocycles. The smallest absolute Gasteiger partial charge is 0.256 e. The van der Waals surface area contributed by atoms with Crippen molar-refractivity contribution in [3.05, 3.63) is 11.8 Å². The Bertz CT molecular complexity index is 194. The quantitative estimate of drug-likeness (QED) is 0.436. The number of carbonyl (C=O) groups is 1. The van der Waals surface area contributed by atoms with E-state index in [0.29, 0.717) is 5.57 Å². The summed E-state index contributed by atoms with van der Waals surface area (Å²) < 4.78 is 0. The number of likely N-dealkylation sites (N-methyl/N-ethyl adjacent to an activating group) is 1. The normalized spacial score (nSPS) is 12.1. The Labute approximate surface area is 66.4 Å². The van der Waals surface area contributed by atoms with E-state index in [4.69, 9.17) is 5.73 Å². The number of rotatable bonds is 2. The molecular weight excluding hydrogens is 142 g/mol. The molecule has 0 saturated carbocycles. The van der Waals surface area contributed by atoms with Crippen LogP contribution in [-0.2, 0) is 4.79 Å². The highest BCUT2D eigenvalue weighted by atomic mass is 16.2. The van der Waals surface area contributed by atoms with Gasteiger partial charge in [-0.2, -0.15) is 0 Å². The lowest BCUT2D eigenvalue weighted by Gasteiger charge is -2.09. The highest BCUT2D eigenvalue weighted by Gasteiger charge is 2.07. The van der Waals surface area contributed by atoms with Crippen molar-refractivity contribution in [2.75, 3.05) is 21.1 Å². The van der Waals surface area contributed by atoms with Gasteiger partial charge in [0.2, 0.25) is 0 Å². The summed E-state index contributed by atoms with van der Waals surface area (Å²) in [4.78, 5) is 16.3. The highest BCUT2D eigenvalue weighted by Crippen LogP contribution is 1.92. The summed E-state index contributed by atoms with van der Waals surface area (Å²) in [5.41, 5.74) is 5.60. The molecule has 4 heteroatoms. The maximum Gasteiger partial charge on any atom is 0.256 e. The summed E-state index contributed by atoms with van der Waals surface area (Å²) in [6, 6.07) is 0. The maximum atomic E-state index is 11.2. The number of carbonyl (C=O) groups excluding carboxylic acids is 1. The number of amides is 1. The summed E-state index contributed by atoms with van der Waals surface area (Å²) in [5, 5.41) is 0. The number of nitrogens with two attached hydrogens (primary N) is 1. The second-order valence-electron chi connectivity index (χ2n) is 2.21. The minimum absolute atomic E-state index is 0.141.